The van der Waals surface area contributed by atoms with E-state index in [9.17, 15) is 9.59 Å². The van der Waals surface area contributed by atoms with Crippen molar-refractivity contribution in [2.75, 3.05) is 6.54 Å². The Morgan fingerprint density at radius 1 is 1.39 bits per heavy atom. The molecule has 0 saturated heterocycles. The third-order valence-corrected chi connectivity index (χ3v) is 3.35. The molecule has 0 aromatic heterocycles. The largest absolute Gasteiger partial charge is 0.481 e. The topological polar surface area (TPSA) is 66.4 Å². The second-order valence-electron chi connectivity index (χ2n) is 4.13. The van der Waals surface area contributed by atoms with Crippen LogP contribution >= 0.6 is 15.9 Å². The summed E-state index contributed by atoms with van der Waals surface area (Å²) in [5.74, 6) is -1.67. The van der Waals surface area contributed by atoms with Gasteiger partial charge in [0.1, 0.15) is 0 Å². The first-order chi connectivity index (χ1) is 8.50. The highest BCUT2D eigenvalue weighted by Crippen LogP contribution is 2.15. The SMILES string of the molecule is CC(CC(=O)O)C(=O)NCCc1ccccc1Br. The van der Waals surface area contributed by atoms with Crippen LogP contribution in [0.3, 0.4) is 0 Å². The van der Waals surface area contributed by atoms with E-state index in [0.717, 1.165) is 10.0 Å². The van der Waals surface area contributed by atoms with Gasteiger partial charge >= 0.3 is 5.97 Å². The number of amides is 1. The van der Waals surface area contributed by atoms with E-state index in [2.05, 4.69) is 21.2 Å². The van der Waals surface area contributed by atoms with E-state index >= 15 is 0 Å². The summed E-state index contributed by atoms with van der Waals surface area (Å²) in [6.07, 6.45) is 0.577. The van der Waals surface area contributed by atoms with E-state index < -0.39 is 11.9 Å². The molecule has 1 atom stereocenters. The maximum Gasteiger partial charge on any atom is 0.304 e. The molecule has 1 unspecified atom stereocenters. The number of nitrogens with one attached hydrogen (secondary N) is 1. The first-order valence-electron chi connectivity index (χ1n) is 5.73. The smallest absolute Gasteiger partial charge is 0.304 e. The van der Waals surface area contributed by atoms with Crippen LogP contribution < -0.4 is 5.32 Å². The molecule has 0 fully saturated rings. The third kappa shape index (κ3) is 4.87. The molecule has 1 aromatic rings. The lowest BCUT2D eigenvalue weighted by Crippen LogP contribution is -2.32. The first-order valence-corrected chi connectivity index (χ1v) is 6.53. The zero-order chi connectivity index (χ0) is 13.5. The molecule has 1 rings (SSSR count). The number of aliphatic carboxylic acids is 1. The van der Waals surface area contributed by atoms with E-state index in [0.29, 0.717) is 13.0 Å². The molecule has 2 N–H and O–H groups in total. The van der Waals surface area contributed by atoms with Crippen LogP contribution in [0.25, 0.3) is 0 Å². The van der Waals surface area contributed by atoms with Gasteiger partial charge in [-0.1, -0.05) is 41.1 Å². The Labute approximate surface area is 115 Å². The van der Waals surface area contributed by atoms with Crippen LogP contribution in [0.4, 0.5) is 0 Å². The number of carbonyl (C=O) groups excluding carboxylic acids is 1. The molecule has 0 aliphatic heterocycles. The number of carboxylic acids is 1. The minimum atomic E-state index is -0.955. The van der Waals surface area contributed by atoms with Crippen molar-refractivity contribution in [3.05, 3.63) is 34.3 Å². The number of benzene rings is 1. The average Bonchev–Trinajstić information content (AvgIpc) is 2.30. The van der Waals surface area contributed by atoms with Crippen molar-refractivity contribution in [3.8, 4) is 0 Å². The van der Waals surface area contributed by atoms with Gasteiger partial charge in [-0.2, -0.15) is 0 Å². The van der Waals surface area contributed by atoms with Crippen LogP contribution in [0.2, 0.25) is 0 Å². The van der Waals surface area contributed by atoms with Crippen LogP contribution in [0.5, 0.6) is 0 Å². The van der Waals surface area contributed by atoms with Crippen molar-refractivity contribution in [1.29, 1.82) is 0 Å². The maximum atomic E-state index is 11.6. The van der Waals surface area contributed by atoms with Gasteiger partial charge in [0.2, 0.25) is 5.91 Å². The van der Waals surface area contributed by atoms with Crippen LogP contribution in [0.15, 0.2) is 28.7 Å². The zero-order valence-corrected chi connectivity index (χ0v) is 11.7. The highest BCUT2D eigenvalue weighted by atomic mass is 79.9. The summed E-state index contributed by atoms with van der Waals surface area (Å²) in [6.45, 7) is 2.12. The Morgan fingerprint density at radius 2 is 2.06 bits per heavy atom. The Morgan fingerprint density at radius 3 is 2.67 bits per heavy atom. The van der Waals surface area contributed by atoms with Crippen LogP contribution in [-0.2, 0) is 16.0 Å². The number of carbonyl (C=O) groups is 2. The Hall–Kier alpha value is -1.36. The van der Waals surface area contributed by atoms with Gasteiger partial charge in [-0.05, 0) is 18.1 Å². The molecule has 1 amide bonds. The standard InChI is InChI=1S/C13H16BrNO3/c1-9(8-12(16)17)13(18)15-7-6-10-4-2-3-5-11(10)14/h2-5,9H,6-8H2,1H3,(H,15,18)(H,16,17). The van der Waals surface area contributed by atoms with Gasteiger partial charge in [-0.25, -0.2) is 0 Å². The van der Waals surface area contributed by atoms with Gasteiger partial charge in [-0.15, -0.1) is 0 Å². The molecule has 0 radical (unpaired) electrons. The predicted octanol–water partition coefficient (Wildman–Crippen LogP) is 2.22. The lowest BCUT2D eigenvalue weighted by Gasteiger charge is -2.10. The summed E-state index contributed by atoms with van der Waals surface area (Å²) in [7, 11) is 0. The minimum Gasteiger partial charge on any atom is -0.481 e. The van der Waals surface area contributed by atoms with Gasteiger partial charge in [-0.3, -0.25) is 9.59 Å². The lowest BCUT2D eigenvalue weighted by atomic mass is 10.1. The fraction of sp³-hybridized carbons (Fsp3) is 0.385. The quantitative estimate of drug-likeness (QED) is 0.846. The zero-order valence-electron chi connectivity index (χ0n) is 10.1. The number of hydrogen-bond acceptors (Lipinski definition) is 2. The Balaban J connectivity index is 2.36. The van der Waals surface area contributed by atoms with Crippen molar-refractivity contribution in [2.45, 2.75) is 19.8 Å². The summed E-state index contributed by atoms with van der Waals surface area (Å²) >= 11 is 3.43. The monoisotopic (exact) mass is 313 g/mol. The normalized spacial score (nSPS) is 11.9. The number of halogens is 1. The van der Waals surface area contributed by atoms with E-state index in [4.69, 9.17) is 5.11 Å². The molecule has 0 spiro atoms. The summed E-state index contributed by atoms with van der Waals surface area (Å²) in [4.78, 5) is 22.0. The summed E-state index contributed by atoms with van der Waals surface area (Å²) < 4.78 is 1.01. The van der Waals surface area contributed by atoms with E-state index in [1.807, 2.05) is 24.3 Å². The fourth-order valence-corrected chi connectivity index (χ4v) is 2.03. The van der Waals surface area contributed by atoms with E-state index in [1.54, 1.807) is 6.92 Å². The summed E-state index contributed by atoms with van der Waals surface area (Å²) in [5.41, 5.74) is 1.11. The lowest BCUT2D eigenvalue weighted by molar-refractivity contribution is -0.140. The molecule has 0 aliphatic rings. The second-order valence-corrected chi connectivity index (χ2v) is 4.99. The van der Waals surface area contributed by atoms with Crippen molar-refractivity contribution >= 4 is 27.8 Å². The van der Waals surface area contributed by atoms with Crippen molar-refractivity contribution in [2.24, 2.45) is 5.92 Å². The molecule has 1 aromatic carbocycles. The number of hydrogen-bond donors (Lipinski definition) is 2. The van der Waals surface area contributed by atoms with Gasteiger partial charge in [0, 0.05) is 16.9 Å². The molecule has 0 aliphatic carbocycles. The first kappa shape index (κ1) is 14.7. The highest BCUT2D eigenvalue weighted by Gasteiger charge is 2.15. The molecule has 18 heavy (non-hydrogen) atoms. The minimum absolute atomic E-state index is 0.138. The molecular formula is C13H16BrNO3. The van der Waals surface area contributed by atoms with Crippen molar-refractivity contribution < 1.29 is 14.7 Å². The van der Waals surface area contributed by atoms with Gasteiger partial charge in [0.15, 0.2) is 0 Å². The number of carboxylic acid groups (broad SMARTS) is 1. The molecule has 0 saturated carbocycles. The van der Waals surface area contributed by atoms with Gasteiger partial charge in [0.05, 0.1) is 6.42 Å². The maximum absolute atomic E-state index is 11.6. The van der Waals surface area contributed by atoms with Gasteiger partial charge < -0.3 is 10.4 Å². The molecule has 5 heteroatoms. The third-order valence-electron chi connectivity index (χ3n) is 2.58. The van der Waals surface area contributed by atoms with E-state index in [1.165, 1.54) is 0 Å². The molecular weight excluding hydrogens is 298 g/mol. The van der Waals surface area contributed by atoms with Crippen LogP contribution in [0.1, 0.15) is 18.9 Å². The number of rotatable bonds is 6. The Bertz CT molecular complexity index is 434. The highest BCUT2D eigenvalue weighted by molar-refractivity contribution is 9.10. The molecule has 4 nitrogen and oxygen atoms in total. The predicted molar refractivity (Wildman–Crippen MR) is 72.3 cm³/mol. The van der Waals surface area contributed by atoms with Gasteiger partial charge in [0.25, 0.3) is 0 Å². The van der Waals surface area contributed by atoms with Crippen LogP contribution in [-0.4, -0.2) is 23.5 Å². The van der Waals surface area contributed by atoms with Crippen molar-refractivity contribution in [1.82, 2.24) is 5.32 Å². The summed E-state index contributed by atoms with van der Waals surface area (Å²) in [6, 6.07) is 7.80. The van der Waals surface area contributed by atoms with Crippen molar-refractivity contribution in [3.63, 3.8) is 0 Å². The van der Waals surface area contributed by atoms with Crippen LogP contribution in [0, 0.1) is 5.92 Å². The molecule has 0 bridgehead atoms. The molecule has 98 valence electrons. The molecule has 0 heterocycles. The summed E-state index contributed by atoms with van der Waals surface area (Å²) in [5, 5.41) is 11.3. The van der Waals surface area contributed by atoms with E-state index in [-0.39, 0.29) is 12.3 Å². The fourth-order valence-electron chi connectivity index (χ4n) is 1.55. The second kappa shape index (κ2) is 7.16. The average molecular weight is 314 g/mol. The Kier molecular flexibility index (Phi) is 5.85.